The number of nitrogen functional groups attached to an aromatic ring is 1. The Morgan fingerprint density at radius 1 is 1.00 bits per heavy atom. The Kier molecular flexibility index (Phi) is 6.10. The van der Waals surface area contributed by atoms with E-state index in [9.17, 15) is 0 Å². The van der Waals surface area contributed by atoms with Gasteiger partial charge in [-0.2, -0.15) is 0 Å². The molecule has 1 fully saturated rings. The van der Waals surface area contributed by atoms with Crippen LogP contribution in [0.25, 0.3) is 0 Å². The standard InChI is InChI=1S/C20H27N3O/c21-19-15-17(7-4-12-23-13-10-22-11-14-23)8-9-20(19)24-16-18-5-2-1-3-6-18/h1-3,5-6,8-9,15,22H,4,7,10-14,16,21H2. The third-order valence-electron chi connectivity index (χ3n) is 4.46. The van der Waals surface area contributed by atoms with Gasteiger partial charge in [-0.1, -0.05) is 36.4 Å². The first-order chi connectivity index (χ1) is 11.8. The number of nitrogens with zero attached hydrogens (tertiary/aromatic N) is 1. The predicted octanol–water partition coefficient (Wildman–Crippen LogP) is 2.69. The van der Waals surface area contributed by atoms with E-state index >= 15 is 0 Å². The second-order valence-electron chi connectivity index (χ2n) is 6.34. The Balaban J connectivity index is 1.47. The minimum atomic E-state index is 0.549. The number of aryl methyl sites for hydroxylation is 1. The maximum atomic E-state index is 6.16. The lowest BCUT2D eigenvalue weighted by atomic mass is 10.1. The molecule has 0 saturated carbocycles. The minimum absolute atomic E-state index is 0.549. The van der Waals surface area contributed by atoms with Gasteiger partial charge in [-0.05, 0) is 42.6 Å². The molecule has 1 heterocycles. The fourth-order valence-electron chi connectivity index (χ4n) is 3.06. The molecule has 4 heteroatoms. The quantitative estimate of drug-likeness (QED) is 0.769. The van der Waals surface area contributed by atoms with Crippen molar-refractivity contribution < 1.29 is 4.74 Å². The number of nitrogens with two attached hydrogens (primary N) is 1. The summed E-state index contributed by atoms with van der Waals surface area (Å²) in [7, 11) is 0. The van der Waals surface area contributed by atoms with E-state index in [-0.39, 0.29) is 0 Å². The first-order valence-corrected chi connectivity index (χ1v) is 8.79. The van der Waals surface area contributed by atoms with E-state index in [0.29, 0.717) is 6.61 Å². The molecule has 3 N–H and O–H groups in total. The van der Waals surface area contributed by atoms with Crippen LogP contribution < -0.4 is 15.8 Å². The Morgan fingerprint density at radius 3 is 2.54 bits per heavy atom. The highest BCUT2D eigenvalue weighted by atomic mass is 16.5. The van der Waals surface area contributed by atoms with Crippen LogP contribution in [-0.2, 0) is 13.0 Å². The van der Waals surface area contributed by atoms with Crippen molar-refractivity contribution in [3.8, 4) is 5.75 Å². The molecule has 0 spiro atoms. The Morgan fingerprint density at radius 2 is 1.79 bits per heavy atom. The zero-order valence-electron chi connectivity index (χ0n) is 14.2. The molecule has 1 saturated heterocycles. The summed E-state index contributed by atoms with van der Waals surface area (Å²) >= 11 is 0. The topological polar surface area (TPSA) is 50.5 Å². The average molecular weight is 325 g/mol. The van der Waals surface area contributed by atoms with Gasteiger partial charge < -0.3 is 20.7 Å². The Bertz CT molecular complexity index is 624. The smallest absolute Gasteiger partial charge is 0.142 e. The van der Waals surface area contributed by atoms with Crippen molar-refractivity contribution in [2.45, 2.75) is 19.4 Å². The molecule has 0 bridgehead atoms. The molecule has 0 amide bonds. The van der Waals surface area contributed by atoms with Crippen LogP contribution in [0.5, 0.6) is 5.75 Å². The maximum absolute atomic E-state index is 6.16. The summed E-state index contributed by atoms with van der Waals surface area (Å²) in [6, 6.07) is 16.3. The number of benzene rings is 2. The number of rotatable bonds is 7. The van der Waals surface area contributed by atoms with Crippen LogP contribution in [0.3, 0.4) is 0 Å². The summed E-state index contributed by atoms with van der Waals surface area (Å²) in [6.45, 7) is 6.25. The lowest BCUT2D eigenvalue weighted by Crippen LogP contribution is -2.43. The normalized spacial score (nSPS) is 15.3. The fraction of sp³-hybridized carbons (Fsp3) is 0.400. The molecule has 1 aliphatic rings. The first kappa shape index (κ1) is 16.8. The van der Waals surface area contributed by atoms with Crippen molar-refractivity contribution in [1.82, 2.24) is 10.2 Å². The Hall–Kier alpha value is -2.04. The van der Waals surface area contributed by atoms with E-state index in [1.807, 2.05) is 24.3 Å². The van der Waals surface area contributed by atoms with E-state index in [0.717, 1.165) is 56.1 Å². The van der Waals surface area contributed by atoms with Crippen LogP contribution >= 0.6 is 0 Å². The molecule has 3 rings (SSSR count). The number of anilines is 1. The van der Waals surface area contributed by atoms with Crippen molar-refractivity contribution in [2.75, 3.05) is 38.5 Å². The maximum Gasteiger partial charge on any atom is 0.142 e. The van der Waals surface area contributed by atoms with Crippen LogP contribution in [0.1, 0.15) is 17.5 Å². The van der Waals surface area contributed by atoms with Gasteiger partial charge in [0, 0.05) is 26.2 Å². The lowest BCUT2D eigenvalue weighted by Gasteiger charge is -2.27. The number of nitrogens with one attached hydrogen (secondary N) is 1. The summed E-state index contributed by atoms with van der Waals surface area (Å²) < 4.78 is 5.84. The molecular formula is C20H27N3O. The van der Waals surface area contributed by atoms with Crippen molar-refractivity contribution in [3.63, 3.8) is 0 Å². The largest absolute Gasteiger partial charge is 0.487 e. The molecule has 128 valence electrons. The summed E-state index contributed by atoms with van der Waals surface area (Å²) in [6.07, 6.45) is 2.23. The van der Waals surface area contributed by atoms with Crippen LogP contribution in [0.15, 0.2) is 48.5 Å². The summed E-state index contributed by atoms with van der Waals surface area (Å²) in [4.78, 5) is 2.52. The van der Waals surface area contributed by atoms with Gasteiger partial charge in [0.25, 0.3) is 0 Å². The highest BCUT2D eigenvalue weighted by Crippen LogP contribution is 2.24. The first-order valence-electron chi connectivity index (χ1n) is 8.79. The second-order valence-corrected chi connectivity index (χ2v) is 6.34. The molecule has 24 heavy (non-hydrogen) atoms. The molecule has 2 aromatic rings. The second kappa shape index (κ2) is 8.71. The lowest BCUT2D eigenvalue weighted by molar-refractivity contribution is 0.238. The highest BCUT2D eigenvalue weighted by molar-refractivity contribution is 5.54. The van der Waals surface area contributed by atoms with Crippen LogP contribution in [0.4, 0.5) is 5.69 Å². The van der Waals surface area contributed by atoms with Crippen molar-refractivity contribution in [2.24, 2.45) is 0 Å². The fourth-order valence-corrected chi connectivity index (χ4v) is 3.06. The van der Waals surface area contributed by atoms with E-state index in [2.05, 4.69) is 34.5 Å². The SMILES string of the molecule is Nc1cc(CCCN2CCNCC2)ccc1OCc1ccccc1. The van der Waals surface area contributed by atoms with Crippen molar-refractivity contribution in [1.29, 1.82) is 0 Å². The molecule has 0 atom stereocenters. The molecule has 2 aromatic carbocycles. The molecule has 0 aliphatic carbocycles. The summed E-state index contributed by atoms with van der Waals surface area (Å²) in [5.41, 5.74) is 9.32. The number of ether oxygens (including phenoxy) is 1. The third kappa shape index (κ3) is 4.98. The van der Waals surface area contributed by atoms with Gasteiger partial charge in [-0.25, -0.2) is 0 Å². The third-order valence-corrected chi connectivity index (χ3v) is 4.46. The van der Waals surface area contributed by atoms with Crippen molar-refractivity contribution in [3.05, 3.63) is 59.7 Å². The van der Waals surface area contributed by atoms with Crippen LogP contribution in [0.2, 0.25) is 0 Å². The molecule has 0 unspecified atom stereocenters. The van der Waals surface area contributed by atoms with Gasteiger partial charge in [0.15, 0.2) is 0 Å². The van der Waals surface area contributed by atoms with Gasteiger partial charge in [0.1, 0.15) is 12.4 Å². The zero-order valence-corrected chi connectivity index (χ0v) is 14.2. The van der Waals surface area contributed by atoms with Gasteiger partial charge in [0.2, 0.25) is 0 Å². The van der Waals surface area contributed by atoms with E-state index < -0.39 is 0 Å². The molecule has 1 aliphatic heterocycles. The highest BCUT2D eigenvalue weighted by Gasteiger charge is 2.09. The molecule has 0 aromatic heterocycles. The Labute approximate surface area is 144 Å². The average Bonchev–Trinajstić information content (AvgIpc) is 2.63. The molecule has 4 nitrogen and oxygen atoms in total. The number of hydrogen-bond acceptors (Lipinski definition) is 4. The van der Waals surface area contributed by atoms with Gasteiger partial charge in [-0.15, -0.1) is 0 Å². The molecule has 0 radical (unpaired) electrons. The molecular weight excluding hydrogens is 298 g/mol. The van der Waals surface area contributed by atoms with Crippen LogP contribution in [-0.4, -0.2) is 37.6 Å². The minimum Gasteiger partial charge on any atom is -0.487 e. The van der Waals surface area contributed by atoms with E-state index in [1.54, 1.807) is 0 Å². The predicted molar refractivity (Wildman–Crippen MR) is 99.3 cm³/mol. The monoisotopic (exact) mass is 325 g/mol. The van der Waals surface area contributed by atoms with Crippen LogP contribution in [0, 0.1) is 0 Å². The van der Waals surface area contributed by atoms with Gasteiger partial charge in [0.05, 0.1) is 5.69 Å². The number of hydrogen-bond donors (Lipinski definition) is 2. The zero-order chi connectivity index (χ0) is 16.6. The van der Waals surface area contributed by atoms with Gasteiger partial charge in [-0.3, -0.25) is 0 Å². The van der Waals surface area contributed by atoms with Gasteiger partial charge >= 0.3 is 0 Å². The van der Waals surface area contributed by atoms with Crippen molar-refractivity contribution >= 4 is 5.69 Å². The number of piperazine rings is 1. The van der Waals surface area contributed by atoms with E-state index in [1.165, 1.54) is 12.0 Å². The summed E-state index contributed by atoms with van der Waals surface area (Å²) in [5.74, 6) is 0.768. The van der Waals surface area contributed by atoms with E-state index in [4.69, 9.17) is 10.5 Å². The summed E-state index contributed by atoms with van der Waals surface area (Å²) in [5, 5.41) is 3.39.